The number of hydrogen-bond acceptors (Lipinski definition) is 4. The molecule has 86 valence electrons. The minimum Gasteiger partial charge on any atom is -0.297 e. The maximum Gasteiger partial charge on any atom is 0.170 e. The molecule has 0 radical (unpaired) electrons. The number of pyridine rings is 1. The predicted molar refractivity (Wildman–Crippen MR) is 65.0 cm³/mol. The molecule has 0 aliphatic heterocycles. The van der Waals surface area contributed by atoms with Gasteiger partial charge in [-0.05, 0) is 12.1 Å². The second kappa shape index (κ2) is 3.36. The van der Waals surface area contributed by atoms with Crippen LogP contribution >= 0.6 is 0 Å². The van der Waals surface area contributed by atoms with Crippen molar-refractivity contribution in [1.82, 2.24) is 29.0 Å². The Kier molecular flexibility index (Phi) is 1.74. The van der Waals surface area contributed by atoms with E-state index in [2.05, 4.69) is 20.2 Å². The summed E-state index contributed by atoms with van der Waals surface area (Å²) >= 11 is 0. The largest absolute Gasteiger partial charge is 0.297 e. The fraction of sp³-hybridized carbons (Fsp3) is 0. The molecule has 0 aliphatic carbocycles. The van der Waals surface area contributed by atoms with Crippen LogP contribution in [-0.4, -0.2) is 29.0 Å². The van der Waals surface area contributed by atoms with Crippen LogP contribution in [-0.2, 0) is 0 Å². The van der Waals surface area contributed by atoms with Crippen LogP contribution in [0.4, 0.5) is 0 Å². The van der Waals surface area contributed by atoms with E-state index in [9.17, 15) is 0 Å². The molecule has 4 aromatic heterocycles. The average molecular weight is 236 g/mol. The molecule has 0 aromatic carbocycles. The third-order valence-corrected chi connectivity index (χ3v) is 2.92. The van der Waals surface area contributed by atoms with E-state index in [4.69, 9.17) is 0 Å². The van der Waals surface area contributed by atoms with Crippen LogP contribution in [0.3, 0.4) is 0 Å². The molecular formula is C12H8N6. The van der Waals surface area contributed by atoms with Crippen molar-refractivity contribution in [3.05, 3.63) is 49.4 Å². The van der Waals surface area contributed by atoms with Crippen molar-refractivity contribution >= 4 is 11.3 Å². The number of fused-ring (bicyclic) bond motifs is 2. The lowest BCUT2D eigenvalue weighted by molar-refractivity contribution is 1.10. The molecule has 0 saturated carbocycles. The van der Waals surface area contributed by atoms with Gasteiger partial charge >= 0.3 is 0 Å². The molecule has 0 aliphatic rings. The number of hydrogen-bond donors (Lipinski definition) is 0. The molecule has 18 heavy (non-hydrogen) atoms. The van der Waals surface area contributed by atoms with Crippen LogP contribution in [0, 0.1) is 0 Å². The number of rotatable bonds is 1. The Morgan fingerprint density at radius 1 is 1.11 bits per heavy atom. The highest BCUT2D eigenvalue weighted by Gasteiger charge is 2.09. The topological polar surface area (TPSA) is 60.4 Å². The van der Waals surface area contributed by atoms with Crippen molar-refractivity contribution in [3.8, 4) is 11.3 Å². The number of nitrogens with zero attached hydrogens (tertiary/aromatic N) is 6. The molecule has 4 rings (SSSR count). The molecule has 0 fully saturated rings. The van der Waals surface area contributed by atoms with Crippen molar-refractivity contribution in [1.29, 1.82) is 0 Å². The number of imidazole rings is 1. The van der Waals surface area contributed by atoms with Crippen molar-refractivity contribution in [2.24, 2.45) is 0 Å². The van der Waals surface area contributed by atoms with E-state index < -0.39 is 0 Å². The van der Waals surface area contributed by atoms with Crippen LogP contribution in [0.25, 0.3) is 22.6 Å². The summed E-state index contributed by atoms with van der Waals surface area (Å²) in [4.78, 5) is 8.44. The van der Waals surface area contributed by atoms with Gasteiger partial charge in [-0.2, -0.15) is 0 Å². The fourth-order valence-electron chi connectivity index (χ4n) is 2.10. The van der Waals surface area contributed by atoms with Crippen LogP contribution in [0.5, 0.6) is 0 Å². The predicted octanol–water partition coefficient (Wildman–Crippen LogP) is 1.44. The highest BCUT2D eigenvalue weighted by molar-refractivity contribution is 5.75. The van der Waals surface area contributed by atoms with Crippen LogP contribution < -0.4 is 0 Å². The lowest BCUT2D eigenvalue weighted by Gasteiger charge is -2.05. The van der Waals surface area contributed by atoms with Gasteiger partial charge in [-0.25, -0.2) is 4.98 Å². The molecule has 6 heteroatoms. The van der Waals surface area contributed by atoms with E-state index in [0.29, 0.717) is 0 Å². The molecular weight excluding hydrogens is 228 g/mol. The van der Waals surface area contributed by atoms with Gasteiger partial charge < -0.3 is 0 Å². The van der Waals surface area contributed by atoms with E-state index in [1.807, 2.05) is 33.3 Å². The van der Waals surface area contributed by atoms with Gasteiger partial charge in [0.1, 0.15) is 6.33 Å². The summed E-state index contributed by atoms with van der Waals surface area (Å²) in [5, 5.41) is 8.06. The third-order valence-electron chi connectivity index (χ3n) is 2.92. The van der Waals surface area contributed by atoms with E-state index in [1.165, 1.54) is 0 Å². The SMILES string of the molecule is c1cc(-c2cncc3nccn23)c2nncn2c1. The minimum atomic E-state index is 0.806. The first-order chi connectivity index (χ1) is 8.93. The first-order valence-corrected chi connectivity index (χ1v) is 5.49. The maximum atomic E-state index is 4.23. The summed E-state index contributed by atoms with van der Waals surface area (Å²) in [7, 11) is 0. The second-order valence-electron chi connectivity index (χ2n) is 3.93. The zero-order chi connectivity index (χ0) is 11.9. The Morgan fingerprint density at radius 3 is 3.11 bits per heavy atom. The maximum absolute atomic E-state index is 4.23. The standard InChI is InChI=1S/C12H8N6/c1-2-9(12-16-15-8-17(12)4-1)10-6-13-7-11-14-3-5-18(10)11/h1-8H. The van der Waals surface area contributed by atoms with E-state index >= 15 is 0 Å². The molecule has 0 N–H and O–H groups in total. The van der Waals surface area contributed by atoms with E-state index in [-0.39, 0.29) is 0 Å². The summed E-state index contributed by atoms with van der Waals surface area (Å²) in [5.41, 5.74) is 3.55. The summed E-state index contributed by atoms with van der Waals surface area (Å²) in [6, 6.07) is 3.96. The minimum absolute atomic E-state index is 0.806. The van der Waals surface area contributed by atoms with Gasteiger partial charge in [0.15, 0.2) is 11.3 Å². The molecule has 0 bridgehead atoms. The molecule has 4 heterocycles. The van der Waals surface area contributed by atoms with Crippen molar-refractivity contribution in [2.45, 2.75) is 0 Å². The fourth-order valence-corrected chi connectivity index (χ4v) is 2.10. The van der Waals surface area contributed by atoms with Crippen LogP contribution in [0.2, 0.25) is 0 Å². The molecule has 0 atom stereocenters. The molecule has 0 unspecified atom stereocenters. The molecule has 0 spiro atoms. The normalized spacial score (nSPS) is 11.3. The summed E-state index contributed by atoms with van der Waals surface area (Å²) in [6.07, 6.45) is 10.8. The van der Waals surface area contributed by atoms with Crippen LogP contribution in [0.15, 0.2) is 49.4 Å². The Hall–Kier alpha value is -2.76. The highest BCUT2D eigenvalue weighted by atomic mass is 15.2. The van der Waals surface area contributed by atoms with Crippen molar-refractivity contribution in [2.75, 3.05) is 0 Å². The van der Waals surface area contributed by atoms with E-state index in [0.717, 1.165) is 22.6 Å². The van der Waals surface area contributed by atoms with Gasteiger partial charge in [0.2, 0.25) is 0 Å². The van der Waals surface area contributed by atoms with Gasteiger partial charge in [0.05, 0.1) is 18.1 Å². The highest BCUT2D eigenvalue weighted by Crippen LogP contribution is 2.22. The zero-order valence-electron chi connectivity index (χ0n) is 9.30. The Labute approximate surface area is 102 Å². The van der Waals surface area contributed by atoms with Gasteiger partial charge in [-0.1, -0.05) is 0 Å². The van der Waals surface area contributed by atoms with Gasteiger partial charge in [0, 0.05) is 24.2 Å². The Bertz CT molecular complexity index is 772. The lowest BCUT2D eigenvalue weighted by Crippen LogP contribution is -1.95. The van der Waals surface area contributed by atoms with Gasteiger partial charge in [-0.3, -0.25) is 13.8 Å². The third kappa shape index (κ3) is 1.17. The molecule has 6 nitrogen and oxygen atoms in total. The summed E-state index contributed by atoms with van der Waals surface area (Å²) in [5.74, 6) is 0. The van der Waals surface area contributed by atoms with E-state index in [1.54, 1.807) is 24.9 Å². The molecule has 4 aromatic rings. The first kappa shape index (κ1) is 9.29. The quantitative estimate of drug-likeness (QED) is 0.501. The van der Waals surface area contributed by atoms with Crippen molar-refractivity contribution in [3.63, 3.8) is 0 Å². The molecule has 0 amide bonds. The monoisotopic (exact) mass is 236 g/mol. The summed E-state index contributed by atoms with van der Waals surface area (Å²) in [6.45, 7) is 0. The second-order valence-corrected chi connectivity index (χ2v) is 3.93. The zero-order valence-corrected chi connectivity index (χ0v) is 9.30. The van der Waals surface area contributed by atoms with Gasteiger partial charge in [-0.15, -0.1) is 10.2 Å². The smallest absolute Gasteiger partial charge is 0.170 e. The average Bonchev–Trinajstić information content (AvgIpc) is 3.06. The Balaban J connectivity index is 2.13. The number of aromatic nitrogens is 6. The summed E-state index contributed by atoms with van der Waals surface area (Å²) < 4.78 is 3.86. The molecule has 0 saturated heterocycles. The van der Waals surface area contributed by atoms with Crippen LogP contribution in [0.1, 0.15) is 0 Å². The Morgan fingerprint density at radius 2 is 2.11 bits per heavy atom. The van der Waals surface area contributed by atoms with Crippen molar-refractivity contribution < 1.29 is 0 Å². The van der Waals surface area contributed by atoms with Gasteiger partial charge in [0.25, 0.3) is 0 Å². The lowest BCUT2D eigenvalue weighted by atomic mass is 10.2. The first-order valence-electron chi connectivity index (χ1n) is 5.49.